The average Bonchev–Trinajstić information content (AvgIpc) is 2.34. The maximum atomic E-state index is 11.2. The Morgan fingerprint density at radius 1 is 1.24 bits per heavy atom. The van der Waals surface area contributed by atoms with Crippen LogP contribution in [0, 0.1) is 0 Å². The Morgan fingerprint density at radius 3 is 2.53 bits per heavy atom. The van der Waals surface area contributed by atoms with Gasteiger partial charge in [-0.3, -0.25) is 4.79 Å². The van der Waals surface area contributed by atoms with E-state index in [2.05, 4.69) is 6.92 Å². The SMILES string of the molecule is CCCCCCSC(C(=O)O)c1ccccc1. The van der Waals surface area contributed by atoms with Crippen LogP contribution in [0.1, 0.15) is 43.4 Å². The standard InChI is InChI=1S/C14H20O2S/c1-2-3-4-8-11-17-13(14(15)16)12-9-6-5-7-10-12/h5-7,9-10,13H,2-4,8,11H2,1H3,(H,15,16). The first-order valence-electron chi connectivity index (χ1n) is 6.15. The summed E-state index contributed by atoms with van der Waals surface area (Å²) in [6.07, 6.45) is 4.76. The van der Waals surface area contributed by atoms with E-state index in [0.29, 0.717) is 0 Å². The van der Waals surface area contributed by atoms with Crippen molar-refractivity contribution in [2.45, 2.75) is 37.9 Å². The lowest BCUT2D eigenvalue weighted by Gasteiger charge is -2.12. The molecule has 1 unspecified atom stereocenters. The molecule has 0 aliphatic heterocycles. The van der Waals surface area contributed by atoms with Crippen LogP contribution in [0.2, 0.25) is 0 Å². The Labute approximate surface area is 107 Å². The molecule has 2 nitrogen and oxygen atoms in total. The normalized spacial score (nSPS) is 12.3. The van der Waals surface area contributed by atoms with Gasteiger partial charge in [-0.1, -0.05) is 56.5 Å². The molecule has 94 valence electrons. The van der Waals surface area contributed by atoms with Gasteiger partial charge in [0.1, 0.15) is 5.25 Å². The molecule has 17 heavy (non-hydrogen) atoms. The monoisotopic (exact) mass is 252 g/mol. The van der Waals surface area contributed by atoms with E-state index in [4.69, 9.17) is 0 Å². The van der Waals surface area contributed by atoms with Gasteiger partial charge >= 0.3 is 5.97 Å². The lowest BCUT2D eigenvalue weighted by molar-refractivity contribution is -0.136. The Kier molecular flexibility index (Phi) is 6.78. The van der Waals surface area contributed by atoms with Crippen molar-refractivity contribution in [2.24, 2.45) is 0 Å². The largest absolute Gasteiger partial charge is 0.480 e. The second-order valence-corrected chi connectivity index (χ2v) is 5.27. The molecule has 0 aromatic heterocycles. The lowest BCUT2D eigenvalue weighted by Crippen LogP contribution is -2.08. The fourth-order valence-electron chi connectivity index (χ4n) is 1.67. The fraction of sp³-hybridized carbons (Fsp3) is 0.500. The van der Waals surface area contributed by atoms with Crippen molar-refractivity contribution >= 4 is 17.7 Å². The molecule has 0 spiro atoms. The minimum Gasteiger partial charge on any atom is -0.480 e. The Balaban J connectivity index is 2.42. The Bertz CT molecular complexity index is 324. The van der Waals surface area contributed by atoms with Crippen molar-refractivity contribution in [1.29, 1.82) is 0 Å². The summed E-state index contributed by atoms with van der Waals surface area (Å²) in [7, 11) is 0. The van der Waals surface area contributed by atoms with E-state index in [-0.39, 0.29) is 0 Å². The fourth-order valence-corrected chi connectivity index (χ4v) is 2.77. The zero-order chi connectivity index (χ0) is 12.5. The maximum absolute atomic E-state index is 11.2. The smallest absolute Gasteiger partial charge is 0.321 e. The highest BCUT2D eigenvalue weighted by atomic mass is 32.2. The van der Waals surface area contributed by atoms with E-state index in [9.17, 15) is 9.90 Å². The van der Waals surface area contributed by atoms with E-state index in [1.54, 1.807) is 0 Å². The van der Waals surface area contributed by atoms with Crippen molar-refractivity contribution in [3.05, 3.63) is 35.9 Å². The molecule has 0 fully saturated rings. The highest BCUT2D eigenvalue weighted by Crippen LogP contribution is 2.29. The van der Waals surface area contributed by atoms with Crippen LogP contribution < -0.4 is 0 Å². The first-order valence-corrected chi connectivity index (χ1v) is 7.20. The van der Waals surface area contributed by atoms with Gasteiger partial charge in [-0.2, -0.15) is 0 Å². The predicted octanol–water partition coefficient (Wildman–Crippen LogP) is 4.13. The van der Waals surface area contributed by atoms with E-state index in [0.717, 1.165) is 17.7 Å². The van der Waals surface area contributed by atoms with Crippen LogP contribution in [-0.2, 0) is 4.79 Å². The third-order valence-corrected chi connectivity index (χ3v) is 3.94. The number of aliphatic carboxylic acids is 1. The molecule has 0 bridgehead atoms. The number of hydrogen-bond donors (Lipinski definition) is 1. The number of thioether (sulfide) groups is 1. The summed E-state index contributed by atoms with van der Waals surface area (Å²) >= 11 is 1.53. The van der Waals surface area contributed by atoms with E-state index in [1.165, 1.54) is 31.0 Å². The van der Waals surface area contributed by atoms with Gasteiger partial charge in [0.25, 0.3) is 0 Å². The molecule has 1 atom stereocenters. The lowest BCUT2D eigenvalue weighted by atomic mass is 10.1. The first-order chi connectivity index (χ1) is 8.25. The molecule has 0 radical (unpaired) electrons. The van der Waals surface area contributed by atoms with Crippen molar-refractivity contribution in [3.63, 3.8) is 0 Å². The summed E-state index contributed by atoms with van der Waals surface area (Å²) in [6.45, 7) is 2.18. The number of benzene rings is 1. The van der Waals surface area contributed by atoms with Gasteiger partial charge in [0, 0.05) is 0 Å². The van der Waals surface area contributed by atoms with Crippen molar-refractivity contribution in [3.8, 4) is 0 Å². The molecule has 0 saturated heterocycles. The van der Waals surface area contributed by atoms with Crippen molar-refractivity contribution in [1.82, 2.24) is 0 Å². The van der Waals surface area contributed by atoms with Crippen LogP contribution in [0.15, 0.2) is 30.3 Å². The van der Waals surface area contributed by atoms with Crippen LogP contribution in [0.5, 0.6) is 0 Å². The molecular weight excluding hydrogens is 232 g/mol. The number of carboxylic acid groups (broad SMARTS) is 1. The van der Waals surface area contributed by atoms with Crippen LogP contribution in [0.25, 0.3) is 0 Å². The summed E-state index contributed by atoms with van der Waals surface area (Å²) in [5.74, 6) is 0.183. The number of unbranched alkanes of at least 4 members (excludes halogenated alkanes) is 3. The molecule has 0 aliphatic rings. The van der Waals surface area contributed by atoms with Crippen LogP contribution in [-0.4, -0.2) is 16.8 Å². The van der Waals surface area contributed by atoms with Gasteiger partial charge < -0.3 is 5.11 Å². The van der Waals surface area contributed by atoms with Gasteiger partial charge in [-0.05, 0) is 17.7 Å². The van der Waals surface area contributed by atoms with Gasteiger partial charge in [-0.25, -0.2) is 0 Å². The zero-order valence-corrected chi connectivity index (χ0v) is 11.1. The van der Waals surface area contributed by atoms with Crippen molar-refractivity contribution < 1.29 is 9.90 Å². The number of hydrogen-bond acceptors (Lipinski definition) is 2. The highest BCUT2D eigenvalue weighted by molar-refractivity contribution is 8.00. The van der Waals surface area contributed by atoms with Crippen LogP contribution in [0.4, 0.5) is 0 Å². The number of carbonyl (C=O) groups is 1. The summed E-state index contributed by atoms with van der Waals surface area (Å²) in [5, 5.41) is 8.79. The third kappa shape index (κ3) is 5.26. The molecule has 0 heterocycles. The molecular formula is C14H20O2S. The van der Waals surface area contributed by atoms with E-state index < -0.39 is 11.2 Å². The summed E-state index contributed by atoms with van der Waals surface area (Å²) in [6, 6.07) is 9.47. The summed E-state index contributed by atoms with van der Waals surface area (Å²) < 4.78 is 0. The van der Waals surface area contributed by atoms with Crippen LogP contribution in [0.3, 0.4) is 0 Å². The topological polar surface area (TPSA) is 37.3 Å². The highest BCUT2D eigenvalue weighted by Gasteiger charge is 2.19. The minimum absolute atomic E-state index is 0.419. The van der Waals surface area contributed by atoms with Gasteiger partial charge in [0.15, 0.2) is 0 Å². The zero-order valence-electron chi connectivity index (χ0n) is 10.3. The quantitative estimate of drug-likeness (QED) is 0.707. The second-order valence-electron chi connectivity index (χ2n) is 4.06. The van der Waals surface area contributed by atoms with Gasteiger partial charge in [0.2, 0.25) is 0 Å². The average molecular weight is 252 g/mol. The summed E-state index contributed by atoms with van der Waals surface area (Å²) in [4.78, 5) is 11.2. The first kappa shape index (κ1) is 14.1. The maximum Gasteiger partial charge on any atom is 0.321 e. The Hall–Kier alpha value is -0.960. The summed E-state index contributed by atoms with van der Waals surface area (Å²) in [5.41, 5.74) is 0.889. The second kappa shape index (κ2) is 8.18. The molecule has 1 aromatic rings. The van der Waals surface area contributed by atoms with E-state index >= 15 is 0 Å². The molecule has 0 aliphatic carbocycles. The molecule has 1 aromatic carbocycles. The van der Waals surface area contributed by atoms with E-state index in [1.807, 2.05) is 30.3 Å². The number of rotatable bonds is 8. The minimum atomic E-state index is -0.739. The van der Waals surface area contributed by atoms with Crippen molar-refractivity contribution in [2.75, 3.05) is 5.75 Å². The molecule has 1 N–H and O–H groups in total. The third-order valence-electron chi connectivity index (χ3n) is 2.61. The molecule has 0 amide bonds. The molecule has 0 saturated carbocycles. The number of carboxylic acids is 1. The van der Waals surface area contributed by atoms with Gasteiger partial charge in [-0.15, -0.1) is 11.8 Å². The predicted molar refractivity (Wildman–Crippen MR) is 73.4 cm³/mol. The molecule has 3 heteroatoms. The van der Waals surface area contributed by atoms with Crippen LogP contribution >= 0.6 is 11.8 Å². The van der Waals surface area contributed by atoms with Gasteiger partial charge in [0.05, 0.1) is 0 Å². The molecule has 1 rings (SSSR count). The Morgan fingerprint density at radius 2 is 1.94 bits per heavy atom.